The second kappa shape index (κ2) is 6.50. The molecule has 0 bridgehead atoms. The molecule has 0 heterocycles. The van der Waals surface area contributed by atoms with Crippen LogP contribution in [0.5, 0.6) is 5.75 Å². The van der Waals surface area contributed by atoms with Crippen LogP contribution in [0.2, 0.25) is 0 Å². The van der Waals surface area contributed by atoms with E-state index < -0.39 is 5.82 Å². The molecule has 0 spiro atoms. The first-order valence-corrected chi connectivity index (χ1v) is 6.55. The molecule has 0 unspecified atom stereocenters. The minimum Gasteiger partial charge on any atom is -0.490 e. The van der Waals surface area contributed by atoms with Gasteiger partial charge in [0.25, 0.3) is 0 Å². The van der Waals surface area contributed by atoms with Gasteiger partial charge in [-0.3, -0.25) is 0 Å². The molecular formula is C13H19BrFNO2. The van der Waals surface area contributed by atoms with Crippen molar-refractivity contribution in [3.8, 4) is 5.75 Å². The summed E-state index contributed by atoms with van der Waals surface area (Å²) in [6.45, 7) is 4.60. The Balaban J connectivity index is 2.66. The fourth-order valence-electron chi connectivity index (χ4n) is 1.35. The van der Waals surface area contributed by atoms with Crippen molar-refractivity contribution in [2.24, 2.45) is 5.73 Å². The summed E-state index contributed by atoms with van der Waals surface area (Å²) in [7, 11) is 1.65. The van der Waals surface area contributed by atoms with Crippen LogP contribution < -0.4 is 10.5 Å². The lowest BCUT2D eigenvalue weighted by atomic mass is 10.1. The fraction of sp³-hybridized carbons (Fsp3) is 0.538. The van der Waals surface area contributed by atoms with E-state index >= 15 is 0 Å². The van der Waals surface area contributed by atoms with Gasteiger partial charge < -0.3 is 15.2 Å². The molecule has 0 aliphatic rings. The Kier molecular flexibility index (Phi) is 5.56. The minimum atomic E-state index is -0.409. The summed E-state index contributed by atoms with van der Waals surface area (Å²) in [6.07, 6.45) is 0.680. The van der Waals surface area contributed by atoms with Crippen LogP contribution in [-0.2, 0) is 11.3 Å². The molecule has 0 aromatic heterocycles. The van der Waals surface area contributed by atoms with Crippen molar-refractivity contribution in [2.75, 3.05) is 13.7 Å². The van der Waals surface area contributed by atoms with Crippen LogP contribution >= 0.6 is 15.9 Å². The summed E-state index contributed by atoms with van der Waals surface area (Å²) >= 11 is 3.18. The van der Waals surface area contributed by atoms with Gasteiger partial charge in [0.05, 0.1) is 16.7 Å². The van der Waals surface area contributed by atoms with Gasteiger partial charge in [0, 0.05) is 20.1 Å². The van der Waals surface area contributed by atoms with Gasteiger partial charge in [-0.1, -0.05) is 6.07 Å². The summed E-state index contributed by atoms with van der Waals surface area (Å²) < 4.78 is 25.0. The van der Waals surface area contributed by atoms with E-state index in [1.54, 1.807) is 19.2 Å². The molecule has 0 saturated heterocycles. The van der Waals surface area contributed by atoms with Gasteiger partial charge in [-0.25, -0.2) is 4.39 Å². The average molecular weight is 320 g/mol. The van der Waals surface area contributed by atoms with E-state index in [0.717, 1.165) is 5.56 Å². The zero-order valence-corrected chi connectivity index (χ0v) is 12.5. The molecule has 1 aromatic carbocycles. The van der Waals surface area contributed by atoms with E-state index in [2.05, 4.69) is 15.9 Å². The molecule has 1 rings (SSSR count). The standard InChI is InChI=1S/C13H19BrFNO2/c1-13(2,17-3)6-7-18-10-5-4-9(8-16)11(14)12(10)15/h4-5H,6-8,16H2,1-3H3. The molecule has 18 heavy (non-hydrogen) atoms. The van der Waals surface area contributed by atoms with Gasteiger partial charge >= 0.3 is 0 Å². The lowest BCUT2D eigenvalue weighted by Gasteiger charge is -2.22. The molecule has 0 atom stereocenters. The molecular weight excluding hydrogens is 301 g/mol. The number of methoxy groups -OCH3 is 1. The Labute approximate surface area is 116 Å². The first-order chi connectivity index (χ1) is 8.41. The third-order valence-corrected chi connectivity index (χ3v) is 3.72. The lowest BCUT2D eigenvalue weighted by molar-refractivity contribution is 0.00512. The molecule has 1 aromatic rings. The van der Waals surface area contributed by atoms with Crippen molar-refractivity contribution in [3.63, 3.8) is 0 Å². The van der Waals surface area contributed by atoms with Gasteiger partial charge in [-0.05, 0) is 41.4 Å². The van der Waals surface area contributed by atoms with Crippen molar-refractivity contribution >= 4 is 15.9 Å². The molecule has 0 fully saturated rings. The van der Waals surface area contributed by atoms with Crippen molar-refractivity contribution in [3.05, 3.63) is 28.0 Å². The highest BCUT2D eigenvalue weighted by Crippen LogP contribution is 2.28. The molecule has 0 aliphatic heterocycles. The molecule has 0 amide bonds. The summed E-state index contributed by atoms with van der Waals surface area (Å²) in [5.41, 5.74) is 5.94. The molecule has 0 aliphatic carbocycles. The normalized spacial score (nSPS) is 11.7. The van der Waals surface area contributed by atoms with Gasteiger partial charge in [0.1, 0.15) is 0 Å². The smallest absolute Gasteiger partial charge is 0.179 e. The molecule has 0 saturated carbocycles. The van der Waals surface area contributed by atoms with Gasteiger partial charge in [0.15, 0.2) is 11.6 Å². The fourth-order valence-corrected chi connectivity index (χ4v) is 1.84. The highest BCUT2D eigenvalue weighted by molar-refractivity contribution is 9.10. The van der Waals surface area contributed by atoms with Crippen LogP contribution in [0.4, 0.5) is 4.39 Å². The van der Waals surface area contributed by atoms with Crippen molar-refractivity contribution in [1.82, 2.24) is 0 Å². The maximum absolute atomic E-state index is 13.9. The van der Waals surface area contributed by atoms with Crippen LogP contribution in [-0.4, -0.2) is 19.3 Å². The highest BCUT2D eigenvalue weighted by Gasteiger charge is 2.17. The van der Waals surface area contributed by atoms with E-state index in [4.69, 9.17) is 15.2 Å². The van der Waals surface area contributed by atoms with E-state index in [9.17, 15) is 4.39 Å². The van der Waals surface area contributed by atoms with Crippen LogP contribution in [0, 0.1) is 5.82 Å². The zero-order valence-electron chi connectivity index (χ0n) is 10.9. The Morgan fingerprint density at radius 3 is 2.61 bits per heavy atom. The quantitative estimate of drug-likeness (QED) is 0.875. The van der Waals surface area contributed by atoms with Crippen LogP contribution in [0.3, 0.4) is 0 Å². The summed E-state index contributed by atoms with van der Waals surface area (Å²) in [5, 5.41) is 0. The largest absolute Gasteiger partial charge is 0.490 e. The Morgan fingerprint density at radius 2 is 2.06 bits per heavy atom. The molecule has 3 nitrogen and oxygen atoms in total. The number of halogens is 2. The Hall–Kier alpha value is -0.650. The monoisotopic (exact) mass is 319 g/mol. The van der Waals surface area contributed by atoms with Crippen LogP contribution in [0.15, 0.2) is 16.6 Å². The first-order valence-electron chi connectivity index (χ1n) is 5.76. The number of hydrogen-bond acceptors (Lipinski definition) is 3. The number of hydrogen-bond donors (Lipinski definition) is 1. The Bertz CT molecular complexity index is 410. The van der Waals surface area contributed by atoms with Crippen molar-refractivity contribution in [2.45, 2.75) is 32.4 Å². The Morgan fingerprint density at radius 1 is 1.39 bits per heavy atom. The first kappa shape index (κ1) is 15.4. The topological polar surface area (TPSA) is 44.5 Å². The van der Waals surface area contributed by atoms with Gasteiger partial charge in [-0.15, -0.1) is 0 Å². The zero-order chi connectivity index (χ0) is 13.8. The highest BCUT2D eigenvalue weighted by atomic mass is 79.9. The molecule has 102 valence electrons. The molecule has 5 heteroatoms. The molecule has 2 N–H and O–H groups in total. The third-order valence-electron chi connectivity index (χ3n) is 2.86. The number of ether oxygens (including phenoxy) is 2. The number of rotatable bonds is 6. The molecule has 0 radical (unpaired) electrons. The van der Waals surface area contributed by atoms with E-state index in [1.807, 2.05) is 13.8 Å². The van der Waals surface area contributed by atoms with Crippen molar-refractivity contribution in [1.29, 1.82) is 0 Å². The predicted octanol–water partition coefficient (Wildman–Crippen LogP) is 3.24. The SMILES string of the molecule is COC(C)(C)CCOc1ccc(CN)c(Br)c1F. The van der Waals surface area contributed by atoms with E-state index in [0.29, 0.717) is 17.5 Å². The van der Waals surface area contributed by atoms with E-state index in [1.165, 1.54) is 0 Å². The third kappa shape index (κ3) is 3.93. The summed E-state index contributed by atoms with van der Waals surface area (Å²) in [4.78, 5) is 0. The average Bonchev–Trinajstić information content (AvgIpc) is 2.35. The van der Waals surface area contributed by atoms with Gasteiger partial charge in [0.2, 0.25) is 0 Å². The second-order valence-corrected chi connectivity index (χ2v) is 5.41. The summed E-state index contributed by atoms with van der Waals surface area (Å²) in [5.74, 6) is -0.181. The lowest BCUT2D eigenvalue weighted by Crippen LogP contribution is -2.25. The second-order valence-electron chi connectivity index (χ2n) is 4.62. The predicted molar refractivity (Wildman–Crippen MR) is 73.2 cm³/mol. The number of benzene rings is 1. The van der Waals surface area contributed by atoms with Crippen molar-refractivity contribution < 1.29 is 13.9 Å². The van der Waals surface area contributed by atoms with Gasteiger partial charge in [-0.2, -0.15) is 0 Å². The maximum atomic E-state index is 13.9. The maximum Gasteiger partial charge on any atom is 0.179 e. The van der Waals surface area contributed by atoms with Crippen LogP contribution in [0.25, 0.3) is 0 Å². The summed E-state index contributed by atoms with van der Waals surface area (Å²) in [6, 6.07) is 3.35. The van der Waals surface area contributed by atoms with E-state index in [-0.39, 0.29) is 17.9 Å². The van der Waals surface area contributed by atoms with Crippen LogP contribution in [0.1, 0.15) is 25.8 Å². The minimum absolute atomic E-state index is 0.228. The number of nitrogens with two attached hydrogens (primary N) is 1.